The lowest BCUT2D eigenvalue weighted by Crippen LogP contribution is -2.22. The first-order valence-electron chi connectivity index (χ1n) is 7.22. The molecule has 7 heteroatoms. The Labute approximate surface area is 149 Å². The summed E-state index contributed by atoms with van der Waals surface area (Å²) in [4.78, 5) is 2.20. The number of para-hydroxylation sites is 1. The minimum atomic E-state index is 0.681. The average molecular weight is 363 g/mol. The molecule has 3 rings (SSSR count). The summed E-state index contributed by atoms with van der Waals surface area (Å²) in [5.74, 6) is 0. The maximum Gasteiger partial charge on any atom is 0.209 e. The summed E-state index contributed by atoms with van der Waals surface area (Å²) in [6.45, 7) is 3.65. The van der Waals surface area contributed by atoms with Crippen molar-refractivity contribution in [2.45, 2.75) is 20.1 Å². The Hall–Kier alpha value is -1.54. The largest absolute Gasteiger partial charge is 0.330 e. The summed E-state index contributed by atoms with van der Waals surface area (Å²) in [5, 5.41) is 13.0. The number of rotatable bonds is 6. The van der Waals surface area contributed by atoms with Crippen LogP contribution in [0.2, 0.25) is 0 Å². The molecule has 2 aromatic heterocycles. The molecule has 4 nitrogen and oxygen atoms in total. The zero-order chi connectivity index (χ0) is 16.2. The van der Waals surface area contributed by atoms with Crippen molar-refractivity contribution in [1.29, 1.82) is 0 Å². The second kappa shape index (κ2) is 7.35. The van der Waals surface area contributed by atoms with Gasteiger partial charge in [0.25, 0.3) is 0 Å². The van der Waals surface area contributed by atoms with Gasteiger partial charge in [0.05, 0.1) is 6.67 Å². The molecule has 0 fully saturated rings. The van der Waals surface area contributed by atoms with Gasteiger partial charge >= 0.3 is 0 Å². The van der Waals surface area contributed by atoms with Crippen LogP contribution in [0.25, 0.3) is 0 Å². The predicted octanol–water partition coefficient (Wildman–Crippen LogP) is 4.88. The van der Waals surface area contributed by atoms with E-state index < -0.39 is 0 Å². The number of hydrogen-bond acceptors (Lipinski definition) is 6. The highest BCUT2D eigenvalue weighted by molar-refractivity contribution is 7.73. The number of nitrogens with zero attached hydrogens (tertiary/aromatic N) is 3. The van der Waals surface area contributed by atoms with Gasteiger partial charge in [-0.25, -0.2) is 4.68 Å². The molecule has 1 aromatic carbocycles. The molecule has 0 saturated carbocycles. The first-order chi connectivity index (χ1) is 11.1. The van der Waals surface area contributed by atoms with Crippen LogP contribution in [0.15, 0.2) is 41.1 Å². The summed E-state index contributed by atoms with van der Waals surface area (Å²) in [5.41, 5.74) is 3.57. The zero-order valence-electron chi connectivity index (χ0n) is 13.0. The first kappa shape index (κ1) is 16.3. The van der Waals surface area contributed by atoms with Crippen LogP contribution in [0, 0.1) is 10.9 Å². The Bertz CT molecular complexity index is 820. The van der Waals surface area contributed by atoms with E-state index in [1.54, 1.807) is 11.3 Å². The fourth-order valence-corrected chi connectivity index (χ4v) is 3.91. The lowest BCUT2D eigenvalue weighted by molar-refractivity contribution is 0.246. The van der Waals surface area contributed by atoms with Crippen molar-refractivity contribution in [3.8, 4) is 0 Å². The summed E-state index contributed by atoms with van der Waals surface area (Å²) in [7, 11) is 2.08. The molecule has 0 aliphatic carbocycles. The summed E-state index contributed by atoms with van der Waals surface area (Å²) < 4.78 is 2.64. The van der Waals surface area contributed by atoms with Crippen LogP contribution in [0.5, 0.6) is 0 Å². The second-order valence-corrected chi connectivity index (χ2v) is 7.80. The molecule has 0 amide bonds. The minimum Gasteiger partial charge on any atom is -0.330 e. The molecule has 3 aromatic rings. The Kier molecular flexibility index (Phi) is 5.22. The van der Waals surface area contributed by atoms with E-state index in [2.05, 4.69) is 52.2 Å². The normalized spacial score (nSPS) is 11.1. The fourth-order valence-electron chi connectivity index (χ4n) is 2.25. The topological polar surface area (TPSA) is 33.1 Å². The third kappa shape index (κ3) is 4.26. The SMILES string of the molecule is Cc1ccccc1Nc1nn(CN(C)Cc2ccsc2)c(=S)s1. The molecule has 0 unspecified atom stereocenters. The summed E-state index contributed by atoms with van der Waals surface area (Å²) in [6, 6.07) is 10.3. The maximum atomic E-state index is 5.44. The van der Waals surface area contributed by atoms with Gasteiger partial charge in [-0.05, 0) is 60.2 Å². The number of anilines is 2. The van der Waals surface area contributed by atoms with Gasteiger partial charge in [0.15, 0.2) is 3.95 Å². The maximum absolute atomic E-state index is 5.44. The van der Waals surface area contributed by atoms with E-state index >= 15 is 0 Å². The van der Waals surface area contributed by atoms with Crippen LogP contribution in [0.1, 0.15) is 11.1 Å². The van der Waals surface area contributed by atoms with Gasteiger partial charge in [-0.1, -0.05) is 29.5 Å². The number of nitrogens with one attached hydrogen (secondary N) is 1. The van der Waals surface area contributed by atoms with Gasteiger partial charge in [-0.3, -0.25) is 4.90 Å². The fraction of sp³-hybridized carbons (Fsp3) is 0.250. The molecule has 0 saturated heterocycles. The standard InChI is InChI=1S/C16H18N4S3/c1-12-5-3-4-6-14(12)17-15-18-20(16(21)23-15)11-19(2)9-13-7-8-22-10-13/h3-8,10H,9,11H2,1-2H3,(H,17,18). The quantitative estimate of drug-likeness (QED) is 0.634. The number of aromatic nitrogens is 2. The Morgan fingerprint density at radius 1 is 1.30 bits per heavy atom. The van der Waals surface area contributed by atoms with Crippen molar-refractivity contribution < 1.29 is 0 Å². The van der Waals surface area contributed by atoms with E-state index in [4.69, 9.17) is 12.2 Å². The smallest absolute Gasteiger partial charge is 0.209 e. The highest BCUT2D eigenvalue weighted by Gasteiger charge is 2.08. The monoisotopic (exact) mass is 362 g/mol. The van der Waals surface area contributed by atoms with Gasteiger partial charge in [-0.15, -0.1) is 5.10 Å². The van der Waals surface area contributed by atoms with Crippen LogP contribution >= 0.6 is 34.9 Å². The molecule has 0 atom stereocenters. The minimum absolute atomic E-state index is 0.681. The Morgan fingerprint density at radius 2 is 2.13 bits per heavy atom. The van der Waals surface area contributed by atoms with E-state index in [1.807, 2.05) is 22.9 Å². The van der Waals surface area contributed by atoms with Crippen LogP contribution in [0.4, 0.5) is 10.8 Å². The van der Waals surface area contributed by atoms with E-state index in [1.165, 1.54) is 22.5 Å². The molecule has 2 heterocycles. The number of thiophene rings is 1. The van der Waals surface area contributed by atoms with Crippen molar-refractivity contribution in [2.24, 2.45) is 0 Å². The van der Waals surface area contributed by atoms with Crippen LogP contribution in [-0.4, -0.2) is 21.7 Å². The van der Waals surface area contributed by atoms with E-state index in [0.29, 0.717) is 6.67 Å². The highest BCUT2D eigenvalue weighted by Crippen LogP contribution is 2.23. The van der Waals surface area contributed by atoms with Crippen molar-refractivity contribution in [3.63, 3.8) is 0 Å². The number of hydrogen-bond donors (Lipinski definition) is 1. The number of benzene rings is 1. The molecule has 120 valence electrons. The molecule has 0 aliphatic heterocycles. The molecule has 0 spiro atoms. The van der Waals surface area contributed by atoms with Gasteiger partial charge < -0.3 is 5.32 Å². The van der Waals surface area contributed by atoms with E-state index in [-0.39, 0.29) is 0 Å². The third-order valence-electron chi connectivity index (χ3n) is 3.40. The van der Waals surface area contributed by atoms with Crippen LogP contribution < -0.4 is 5.32 Å². The van der Waals surface area contributed by atoms with Crippen molar-refractivity contribution in [1.82, 2.24) is 14.7 Å². The van der Waals surface area contributed by atoms with E-state index in [0.717, 1.165) is 21.3 Å². The van der Waals surface area contributed by atoms with Crippen molar-refractivity contribution >= 4 is 45.7 Å². The zero-order valence-corrected chi connectivity index (χ0v) is 15.5. The predicted molar refractivity (Wildman–Crippen MR) is 101 cm³/mol. The lowest BCUT2D eigenvalue weighted by atomic mass is 10.2. The summed E-state index contributed by atoms with van der Waals surface area (Å²) >= 11 is 8.66. The number of aryl methyl sites for hydroxylation is 1. The molecule has 23 heavy (non-hydrogen) atoms. The highest BCUT2D eigenvalue weighted by atomic mass is 32.1. The van der Waals surface area contributed by atoms with Crippen molar-refractivity contribution in [3.05, 3.63) is 56.2 Å². The van der Waals surface area contributed by atoms with Gasteiger partial charge in [0.1, 0.15) is 0 Å². The second-order valence-electron chi connectivity index (χ2n) is 5.40. The van der Waals surface area contributed by atoms with Crippen LogP contribution in [0.3, 0.4) is 0 Å². The first-order valence-corrected chi connectivity index (χ1v) is 9.39. The lowest BCUT2D eigenvalue weighted by Gasteiger charge is -2.15. The average Bonchev–Trinajstić information content (AvgIpc) is 3.12. The third-order valence-corrected chi connectivity index (χ3v) is 5.36. The van der Waals surface area contributed by atoms with Gasteiger partial charge in [0, 0.05) is 12.2 Å². The van der Waals surface area contributed by atoms with Crippen LogP contribution in [-0.2, 0) is 13.2 Å². The molecule has 0 radical (unpaired) electrons. The molecule has 0 bridgehead atoms. The molecular weight excluding hydrogens is 344 g/mol. The molecule has 0 aliphatic rings. The summed E-state index contributed by atoms with van der Waals surface area (Å²) in [6.07, 6.45) is 0. The molecular formula is C16H18N4S3. The van der Waals surface area contributed by atoms with Gasteiger partial charge in [0.2, 0.25) is 5.13 Å². The molecule has 1 N–H and O–H groups in total. The van der Waals surface area contributed by atoms with Gasteiger partial charge in [-0.2, -0.15) is 11.3 Å². The van der Waals surface area contributed by atoms with Crippen molar-refractivity contribution in [2.75, 3.05) is 12.4 Å². The Balaban J connectivity index is 1.68. The van der Waals surface area contributed by atoms with E-state index in [9.17, 15) is 0 Å². The Morgan fingerprint density at radius 3 is 2.87 bits per heavy atom.